The summed E-state index contributed by atoms with van der Waals surface area (Å²) >= 11 is 0. The first-order valence-electron chi connectivity index (χ1n) is 5.46. The summed E-state index contributed by atoms with van der Waals surface area (Å²) in [5, 5.41) is 2.40. The molecule has 0 aliphatic rings. The monoisotopic (exact) mass is 253 g/mol. The Morgan fingerprint density at radius 1 is 1.35 bits per heavy atom. The molecule has 0 saturated heterocycles. The first-order chi connectivity index (χ1) is 8.12. The predicted octanol–water partition coefficient (Wildman–Crippen LogP) is 3.29. The van der Waals surface area contributed by atoms with Crippen molar-refractivity contribution in [3.63, 3.8) is 0 Å². The molecule has 6 heteroatoms. The lowest BCUT2D eigenvalue weighted by Crippen LogP contribution is -2.18. The molecule has 0 heterocycles. The molecule has 1 rings (SSSR count). The van der Waals surface area contributed by atoms with E-state index in [1.165, 1.54) is 12.1 Å². The van der Waals surface area contributed by atoms with Gasteiger partial charge in [-0.05, 0) is 24.1 Å². The van der Waals surface area contributed by atoms with E-state index in [1.54, 1.807) is 18.2 Å². The van der Waals surface area contributed by atoms with Crippen LogP contribution in [0.15, 0.2) is 40.3 Å². The van der Waals surface area contributed by atoms with Gasteiger partial charge in [0, 0.05) is 4.91 Å². The molecule has 1 atom stereocenters. The SMILES string of the molecule is CCCCC(N=[N+]=[N-])S(=O)(=O)c1ccccc1. The second kappa shape index (κ2) is 6.27. The fourth-order valence-electron chi connectivity index (χ4n) is 1.48. The van der Waals surface area contributed by atoms with E-state index in [9.17, 15) is 8.42 Å². The highest BCUT2D eigenvalue weighted by Crippen LogP contribution is 2.21. The van der Waals surface area contributed by atoms with Crippen LogP contribution < -0.4 is 0 Å². The minimum Gasteiger partial charge on any atom is -0.223 e. The van der Waals surface area contributed by atoms with E-state index in [0.29, 0.717) is 6.42 Å². The molecule has 0 radical (unpaired) electrons. The maximum absolute atomic E-state index is 12.2. The molecule has 0 N–H and O–H groups in total. The predicted molar refractivity (Wildman–Crippen MR) is 66.1 cm³/mol. The number of benzene rings is 1. The van der Waals surface area contributed by atoms with Crippen molar-refractivity contribution in [1.29, 1.82) is 0 Å². The minimum atomic E-state index is -3.56. The first-order valence-corrected chi connectivity index (χ1v) is 7.00. The molecular weight excluding hydrogens is 238 g/mol. The number of azide groups is 1. The Kier molecular flexibility index (Phi) is 5.00. The number of hydrogen-bond donors (Lipinski definition) is 0. The zero-order valence-electron chi connectivity index (χ0n) is 9.65. The van der Waals surface area contributed by atoms with Crippen LogP contribution in [0, 0.1) is 0 Å². The highest BCUT2D eigenvalue weighted by atomic mass is 32.2. The fraction of sp³-hybridized carbons (Fsp3) is 0.455. The Bertz CT molecular complexity index is 493. The standard InChI is InChI=1S/C11H15N3O2S/c1-2-3-9-11(13-14-12)17(15,16)10-7-5-4-6-8-10/h4-8,11H,2-3,9H2,1H3. The van der Waals surface area contributed by atoms with Gasteiger partial charge in [-0.15, -0.1) is 0 Å². The van der Waals surface area contributed by atoms with Crippen LogP contribution in [0.1, 0.15) is 26.2 Å². The van der Waals surface area contributed by atoms with Crippen LogP contribution in [-0.2, 0) is 9.84 Å². The van der Waals surface area contributed by atoms with Gasteiger partial charge < -0.3 is 0 Å². The lowest BCUT2D eigenvalue weighted by Gasteiger charge is -2.11. The van der Waals surface area contributed by atoms with Crippen molar-refractivity contribution < 1.29 is 8.42 Å². The first kappa shape index (κ1) is 13.5. The van der Waals surface area contributed by atoms with Gasteiger partial charge in [0.15, 0.2) is 9.84 Å². The Morgan fingerprint density at radius 2 is 2.00 bits per heavy atom. The van der Waals surface area contributed by atoms with Crippen LogP contribution >= 0.6 is 0 Å². The van der Waals surface area contributed by atoms with E-state index < -0.39 is 15.2 Å². The normalized spacial score (nSPS) is 12.8. The number of hydrogen-bond acceptors (Lipinski definition) is 3. The van der Waals surface area contributed by atoms with E-state index >= 15 is 0 Å². The van der Waals surface area contributed by atoms with Crippen molar-refractivity contribution in [3.05, 3.63) is 40.8 Å². The van der Waals surface area contributed by atoms with Crippen LogP contribution in [0.4, 0.5) is 0 Å². The Balaban J connectivity index is 3.04. The molecule has 1 aromatic carbocycles. The molecule has 92 valence electrons. The third kappa shape index (κ3) is 3.47. The maximum Gasteiger partial charge on any atom is 0.187 e. The third-order valence-corrected chi connectivity index (χ3v) is 4.39. The van der Waals surface area contributed by atoms with Gasteiger partial charge >= 0.3 is 0 Å². The Morgan fingerprint density at radius 3 is 2.53 bits per heavy atom. The van der Waals surface area contributed by atoms with Gasteiger partial charge in [-0.1, -0.05) is 43.1 Å². The maximum atomic E-state index is 12.2. The molecule has 0 saturated carbocycles. The molecule has 1 aromatic rings. The van der Waals surface area contributed by atoms with Gasteiger partial charge in [0.1, 0.15) is 5.37 Å². The van der Waals surface area contributed by atoms with E-state index in [0.717, 1.165) is 12.8 Å². The lowest BCUT2D eigenvalue weighted by atomic mass is 10.2. The fourth-order valence-corrected chi connectivity index (χ4v) is 2.97. The average Bonchev–Trinajstić information content (AvgIpc) is 2.35. The topological polar surface area (TPSA) is 82.9 Å². The number of rotatable bonds is 6. The molecule has 0 fully saturated rings. The smallest absolute Gasteiger partial charge is 0.187 e. The van der Waals surface area contributed by atoms with Crippen molar-refractivity contribution in [2.75, 3.05) is 0 Å². The van der Waals surface area contributed by atoms with Crippen molar-refractivity contribution in [1.82, 2.24) is 0 Å². The van der Waals surface area contributed by atoms with Crippen molar-refractivity contribution >= 4 is 9.84 Å². The van der Waals surface area contributed by atoms with E-state index in [4.69, 9.17) is 5.53 Å². The summed E-state index contributed by atoms with van der Waals surface area (Å²) in [5.41, 5.74) is 8.44. The summed E-state index contributed by atoms with van der Waals surface area (Å²) in [6, 6.07) is 8.08. The molecule has 0 aromatic heterocycles. The number of unbranched alkanes of at least 4 members (excludes halogenated alkanes) is 1. The number of sulfone groups is 1. The van der Waals surface area contributed by atoms with Crippen molar-refractivity contribution in [2.45, 2.75) is 36.5 Å². The largest absolute Gasteiger partial charge is 0.223 e. The summed E-state index contributed by atoms with van der Waals surface area (Å²) < 4.78 is 24.3. The average molecular weight is 253 g/mol. The van der Waals surface area contributed by atoms with E-state index in [-0.39, 0.29) is 4.90 Å². The highest BCUT2D eigenvalue weighted by molar-refractivity contribution is 7.92. The second-order valence-electron chi connectivity index (χ2n) is 3.66. The molecule has 0 aliphatic carbocycles. The van der Waals surface area contributed by atoms with Crippen LogP contribution in [0.2, 0.25) is 0 Å². The molecule has 0 spiro atoms. The molecule has 1 unspecified atom stereocenters. The molecule has 0 bridgehead atoms. The second-order valence-corrected chi connectivity index (χ2v) is 5.77. The summed E-state index contributed by atoms with van der Waals surface area (Å²) in [6.45, 7) is 1.96. The zero-order valence-corrected chi connectivity index (χ0v) is 10.5. The van der Waals surface area contributed by atoms with Crippen molar-refractivity contribution in [2.24, 2.45) is 5.11 Å². The van der Waals surface area contributed by atoms with Gasteiger partial charge in [0.25, 0.3) is 0 Å². The quantitative estimate of drug-likeness (QED) is 0.442. The number of nitrogens with zero attached hydrogens (tertiary/aromatic N) is 3. The summed E-state index contributed by atoms with van der Waals surface area (Å²) in [6.07, 6.45) is 1.94. The Labute approximate surface area is 101 Å². The van der Waals surface area contributed by atoms with E-state index in [1.807, 2.05) is 6.92 Å². The van der Waals surface area contributed by atoms with E-state index in [2.05, 4.69) is 10.0 Å². The zero-order chi connectivity index (χ0) is 12.7. The molecule has 17 heavy (non-hydrogen) atoms. The summed E-state index contributed by atoms with van der Waals surface area (Å²) in [5.74, 6) is 0. The lowest BCUT2D eigenvalue weighted by molar-refractivity contribution is 0.566. The van der Waals surface area contributed by atoms with Crippen LogP contribution in [0.25, 0.3) is 10.4 Å². The molecule has 0 aliphatic heterocycles. The highest BCUT2D eigenvalue weighted by Gasteiger charge is 2.25. The molecular formula is C11H15N3O2S. The van der Waals surface area contributed by atoms with Crippen LogP contribution in [-0.4, -0.2) is 13.8 Å². The van der Waals surface area contributed by atoms with Crippen LogP contribution in [0.5, 0.6) is 0 Å². The van der Waals surface area contributed by atoms with Crippen molar-refractivity contribution in [3.8, 4) is 0 Å². The van der Waals surface area contributed by atoms with Gasteiger partial charge in [0.05, 0.1) is 4.90 Å². The summed E-state index contributed by atoms with van der Waals surface area (Å²) in [4.78, 5) is 2.83. The van der Waals surface area contributed by atoms with Crippen LogP contribution in [0.3, 0.4) is 0 Å². The van der Waals surface area contributed by atoms with Gasteiger partial charge in [0.2, 0.25) is 0 Å². The molecule has 0 amide bonds. The Hall–Kier alpha value is -1.52. The molecule has 5 nitrogen and oxygen atoms in total. The van der Waals surface area contributed by atoms with Gasteiger partial charge in [-0.25, -0.2) is 8.42 Å². The van der Waals surface area contributed by atoms with Gasteiger partial charge in [-0.3, -0.25) is 0 Å². The third-order valence-electron chi connectivity index (χ3n) is 2.41. The van der Waals surface area contributed by atoms with Gasteiger partial charge in [-0.2, -0.15) is 0 Å². The summed E-state index contributed by atoms with van der Waals surface area (Å²) in [7, 11) is -3.56. The minimum absolute atomic E-state index is 0.202.